The molecule has 10 nitrogen and oxygen atoms in total. The Kier molecular flexibility index (Phi) is 9.03. The fraction of sp³-hybridized carbons (Fsp3) is 0.438. The number of hydrogen-bond acceptors (Lipinski definition) is 7. The molecule has 3 aromatic rings. The number of amides is 1. The van der Waals surface area contributed by atoms with Gasteiger partial charge < -0.3 is 30.7 Å². The molecular formula is C32H40N4O6. The quantitative estimate of drug-likeness (QED) is 0.256. The summed E-state index contributed by atoms with van der Waals surface area (Å²) in [5, 5.41) is 31.0. The van der Waals surface area contributed by atoms with E-state index in [4.69, 9.17) is 10.5 Å². The largest absolute Gasteiger partial charge is 0.494 e. The molecule has 5 rings (SSSR count). The van der Waals surface area contributed by atoms with Gasteiger partial charge in [-0.25, -0.2) is 0 Å². The molecule has 2 aliphatic heterocycles. The van der Waals surface area contributed by atoms with Gasteiger partial charge in [0.1, 0.15) is 5.75 Å². The number of aromatic nitrogens is 1. The van der Waals surface area contributed by atoms with E-state index in [0.717, 1.165) is 47.4 Å². The highest BCUT2D eigenvalue weighted by atomic mass is 16.5. The third kappa shape index (κ3) is 6.10. The van der Waals surface area contributed by atoms with Crippen LogP contribution in [0.25, 0.3) is 0 Å². The zero-order valence-electron chi connectivity index (χ0n) is 24.0. The lowest BCUT2D eigenvalue weighted by atomic mass is 9.83. The molecule has 1 amide bonds. The number of benzene rings is 2. The minimum atomic E-state index is -0.934. The van der Waals surface area contributed by atoms with Gasteiger partial charge >= 0.3 is 5.97 Å². The molecule has 1 aromatic heterocycles. The molecular weight excluding hydrogens is 536 g/mol. The summed E-state index contributed by atoms with van der Waals surface area (Å²) in [5.41, 5.74) is 9.56. The first kappa shape index (κ1) is 29.5. The van der Waals surface area contributed by atoms with Crippen LogP contribution in [0.15, 0.2) is 54.6 Å². The maximum Gasteiger partial charge on any atom is 0.308 e. The number of carbonyl (C=O) groups is 2. The van der Waals surface area contributed by atoms with Crippen molar-refractivity contribution >= 4 is 17.6 Å². The van der Waals surface area contributed by atoms with E-state index in [9.17, 15) is 24.9 Å². The predicted octanol–water partition coefficient (Wildman–Crippen LogP) is 3.69. The summed E-state index contributed by atoms with van der Waals surface area (Å²) in [7, 11) is 0. The van der Waals surface area contributed by atoms with Crippen molar-refractivity contribution in [2.75, 3.05) is 31.1 Å². The van der Waals surface area contributed by atoms with E-state index in [1.807, 2.05) is 47.4 Å². The highest BCUT2D eigenvalue weighted by Crippen LogP contribution is 2.41. The van der Waals surface area contributed by atoms with Crippen molar-refractivity contribution in [1.29, 1.82) is 0 Å². The number of nitrogens with zero attached hydrogens (tertiary/aromatic N) is 3. The number of nitrogens with two attached hydrogens (primary N) is 1. The molecule has 0 unspecified atom stereocenters. The van der Waals surface area contributed by atoms with Crippen LogP contribution in [0.2, 0.25) is 0 Å². The van der Waals surface area contributed by atoms with Crippen LogP contribution in [0, 0.1) is 5.92 Å². The number of anilines is 1. The minimum absolute atomic E-state index is 0.0409. The molecule has 3 heterocycles. The van der Waals surface area contributed by atoms with Gasteiger partial charge in [-0.1, -0.05) is 37.6 Å². The van der Waals surface area contributed by atoms with E-state index in [1.165, 1.54) is 16.7 Å². The fourth-order valence-electron chi connectivity index (χ4n) is 6.39. The lowest BCUT2D eigenvalue weighted by Gasteiger charge is -2.30. The Balaban J connectivity index is 1.46. The van der Waals surface area contributed by atoms with E-state index in [2.05, 4.69) is 6.92 Å². The molecule has 3 atom stereocenters. The van der Waals surface area contributed by atoms with Crippen molar-refractivity contribution in [3.8, 4) is 17.5 Å². The first-order chi connectivity index (χ1) is 20.3. The molecule has 42 heavy (non-hydrogen) atoms. The number of carboxylic acid groups (broad SMARTS) is 1. The lowest BCUT2D eigenvalue weighted by Crippen LogP contribution is -2.45. The number of fused-ring (bicyclic) bond motifs is 1. The molecule has 0 bridgehead atoms. The molecule has 2 aromatic carbocycles. The molecule has 0 aliphatic carbocycles. The number of ether oxygens (including phenoxy) is 1. The number of aliphatic carboxylic acids is 1. The van der Waals surface area contributed by atoms with E-state index in [0.29, 0.717) is 32.7 Å². The maximum absolute atomic E-state index is 14.0. The van der Waals surface area contributed by atoms with E-state index in [-0.39, 0.29) is 36.7 Å². The highest BCUT2D eigenvalue weighted by Gasteiger charge is 2.47. The minimum Gasteiger partial charge on any atom is -0.494 e. The van der Waals surface area contributed by atoms with E-state index >= 15 is 0 Å². The van der Waals surface area contributed by atoms with Crippen molar-refractivity contribution in [3.05, 3.63) is 71.3 Å². The Morgan fingerprint density at radius 3 is 2.60 bits per heavy atom. The fourth-order valence-corrected chi connectivity index (χ4v) is 6.39. The third-order valence-corrected chi connectivity index (χ3v) is 8.59. The zero-order chi connectivity index (χ0) is 29.8. The Morgan fingerprint density at radius 1 is 1.10 bits per heavy atom. The van der Waals surface area contributed by atoms with Gasteiger partial charge in [0.25, 0.3) is 0 Å². The van der Waals surface area contributed by atoms with Crippen molar-refractivity contribution in [3.63, 3.8) is 0 Å². The van der Waals surface area contributed by atoms with Crippen LogP contribution >= 0.6 is 0 Å². The molecule has 0 radical (unpaired) electrons. The average molecular weight is 577 g/mol. The smallest absolute Gasteiger partial charge is 0.308 e. The number of hydrogen-bond donors (Lipinski definition) is 4. The summed E-state index contributed by atoms with van der Waals surface area (Å²) in [5.74, 6) is -1.54. The van der Waals surface area contributed by atoms with Crippen LogP contribution in [0.4, 0.5) is 5.69 Å². The SMILES string of the molecule is CCCCN(C(=O)CN1C[C@H](c2ccc3c(c2)CCO3)[C@@H](C(=O)O)[C@@H]1CCn1c(O)ccc1O)c1cccc(CN)c1. The van der Waals surface area contributed by atoms with Gasteiger partial charge in [-0.2, -0.15) is 0 Å². The molecule has 0 saturated carbocycles. The van der Waals surface area contributed by atoms with Gasteiger partial charge in [-0.05, 0) is 47.7 Å². The van der Waals surface area contributed by atoms with Crippen molar-refractivity contribution in [2.24, 2.45) is 11.7 Å². The number of likely N-dealkylation sites (tertiary alicyclic amines) is 1. The van der Waals surface area contributed by atoms with Gasteiger partial charge in [0.15, 0.2) is 11.8 Å². The van der Waals surface area contributed by atoms with Gasteiger partial charge in [0.05, 0.1) is 19.1 Å². The van der Waals surface area contributed by atoms with Gasteiger partial charge in [-0.3, -0.25) is 19.1 Å². The number of unbranched alkanes of at least 4 members (excludes halogenated alkanes) is 1. The molecule has 0 spiro atoms. The number of rotatable bonds is 12. The second-order valence-corrected chi connectivity index (χ2v) is 11.2. The molecule has 2 aliphatic rings. The predicted molar refractivity (Wildman–Crippen MR) is 159 cm³/mol. The molecule has 1 fully saturated rings. The summed E-state index contributed by atoms with van der Waals surface area (Å²) in [6, 6.07) is 15.8. The Hall–Kier alpha value is -4.02. The Bertz CT molecular complexity index is 1400. The van der Waals surface area contributed by atoms with Crippen molar-refractivity contribution in [2.45, 2.75) is 57.7 Å². The first-order valence-electron chi connectivity index (χ1n) is 14.7. The maximum atomic E-state index is 14.0. The second kappa shape index (κ2) is 12.9. The Labute approximate surface area is 245 Å². The van der Waals surface area contributed by atoms with Crippen LogP contribution in [-0.4, -0.2) is 68.9 Å². The second-order valence-electron chi connectivity index (χ2n) is 11.2. The average Bonchev–Trinajstić information content (AvgIpc) is 3.69. The van der Waals surface area contributed by atoms with E-state index < -0.39 is 17.9 Å². The normalized spacial score (nSPS) is 19.9. The molecule has 10 heteroatoms. The summed E-state index contributed by atoms with van der Waals surface area (Å²) < 4.78 is 7.02. The number of carboxylic acids is 1. The molecule has 5 N–H and O–H groups in total. The van der Waals surface area contributed by atoms with Crippen LogP contribution in [0.3, 0.4) is 0 Å². The van der Waals surface area contributed by atoms with Gasteiger partial charge in [-0.15, -0.1) is 0 Å². The monoisotopic (exact) mass is 576 g/mol. The van der Waals surface area contributed by atoms with Gasteiger partial charge in [0.2, 0.25) is 5.91 Å². The van der Waals surface area contributed by atoms with E-state index in [1.54, 1.807) is 4.90 Å². The summed E-state index contributed by atoms with van der Waals surface area (Å²) in [4.78, 5) is 30.6. The molecule has 1 saturated heterocycles. The van der Waals surface area contributed by atoms with Gasteiger partial charge in [0, 0.05) is 62.4 Å². The summed E-state index contributed by atoms with van der Waals surface area (Å²) in [6.07, 6.45) is 2.84. The van der Waals surface area contributed by atoms with Crippen molar-refractivity contribution < 1.29 is 29.6 Å². The van der Waals surface area contributed by atoms with Crippen LogP contribution in [0.5, 0.6) is 17.5 Å². The lowest BCUT2D eigenvalue weighted by molar-refractivity contribution is -0.143. The van der Waals surface area contributed by atoms with Crippen molar-refractivity contribution in [1.82, 2.24) is 9.47 Å². The summed E-state index contributed by atoms with van der Waals surface area (Å²) in [6.45, 7) is 4.23. The van der Waals surface area contributed by atoms with Crippen LogP contribution < -0.4 is 15.4 Å². The highest BCUT2D eigenvalue weighted by molar-refractivity contribution is 5.95. The summed E-state index contributed by atoms with van der Waals surface area (Å²) >= 11 is 0. The Morgan fingerprint density at radius 2 is 1.88 bits per heavy atom. The molecule has 224 valence electrons. The van der Waals surface area contributed by atoms with Crippen LogP contribution in [0.1, 0.15) is 48.8 Å². The number of carbonyl (C=O) groups excluding carboxylic acids is 1. The number of aromatic hydroxyl groups is 2. The zero-order valence-corrected chi connectivity index (χ0v) is 24.0. The topological polar surface area (TPSA) is 141 Å². The first-order valence-corrected chi connectivity index (χ1v) is 14.7. The standard InChI is InChI=1S/C32H40N4O6/c1-2-3-13-35(24-6-4-5-21(16-24)18-33)30(39)20-34-19-25(22-7-8-27-23(17-22)12-15-42-27)31(32(40)41)26(34)11-14-36-28(37)9-10-29(36)38/h4-10,16-17,25-26,31,37-38H,2-3,11-15,18-20,33H2,1H3,(H,40,41)/t25-,26+,31-/m1/s1. The third-order valence-electron chi connectivity index (χ3n) is 8.59. The van der Waals surface area contributed by atoms with Crippen LogP contribution in [-0.2, 0) is 29.1 Å².